The van der Waals surface area contributed by atoms with Gasteiger partial charge in [0.15, 0.2) is 6.23 Å². The average molecular weight is 508 g/mol. The van der Waals surface area contributed by atoms with Crippen molar-refractivity contribution < 1.29 is 27.4 Å². The molecule has 10 heteroatoms. The summed E-state index contributed by atoms with van der Waals surface area (Å²) in [4.78, 5) is 0. The van der Waals surface area contributed by atoms with Crippen LogP contribution in [0, 0.1) is 11.6 Å². The van der Waals surface area contributed by atoms with E-state index in [1.54, 1.807) is 41.2 Å². The first-order valence-corrected chi connectivity index (χ1v) is 11.1. The van der Waals surface area contributed by atoms with Crippen molar-refractivity contribution in [3.63, 3.8) is 0 Å². The summed E-state index contributed by atoms with van der Waals surface area (Å²) in [6.07, 6.45) is -1.53. The molecule has 4 aromatic rings. The van der Waals surface area contributed by atoms with Gasteiger partial charge in [0.2, 0.25) is 0 Å². The van der Waals surface area contributed by atoms with Gasteiger partial charge in [-0.05, 0) is 73.2 Å². The van der Waals surface area contributed by atoms with Crippen LogP contribution in [0.4, 0.5) is 17.6 Å². The number of hydrogen-bond donors (Lipinski definition) is 2. The molecular formula is C25H22ClF4N3O2. The largest absolute Gasteiger partial charge is 0.484 e. The third-order valence-electron chi connectivity index (χ3n) is 5.44. The zero-order valence-electron chi connectivity index (χ0n) is 18.7. The zero-order chi connectivity index (χ0) is 25.3. The molecule has 5 nitrogen and oxygen atoms in total. The number of aromatic nitrogens is 2. The first-order chi connectivity index (χ1) is 16.5. The van der Waals surface area contributed by atoms with Crippen LogP contribution in [0.2, 0.25) is 5.02 Å². The molecule has 0 saturated heterocycles. The third-order valence-corrected chi connectivity index (χ3v) is 5.66. The maximum atomic E-state index is 14.1. The fourth-order valence-corrected chi connectivity index (χ4v) is 3.93. The average Bonchev–Trinajstić information content (AvgIpc) is 3.19. The Morgan fingerprint density at radius 2 is 1.74 bits per heavy atom. The van der Waals surface area contributed by atoms with E-state index in [9.17, 15) is 22.7 Å². The van der Waals surface area contributed by atoms with Crippen LogP contribution in [-0.4, -0.2) is 33.1 Å². The predicted molar refractivity (Wildman–Crippen MR) is 125 cm³/mol. The standard InChI is InChI=1S/C25H22ClF4N3O2/c1-14(32-24(34)25(2,29)30)23(15-9-17(26)12-19(28)10-15)35-21-7-8-22-16(11-21)13-31-33(22)20-5-3-18(27)4-6-20/h3-14,23-24,32,34H,1-2H3/t14-,23-,24?/m0/s1. The molecule has 184 valence electrons. The van der Waals surface area contributed by atoms with E-state index in [4.69, 9.17) is 16.3 Å². The van der Waals surface area contributed by atoms with Gasteiger partial charge in [-0.3, -0.25) is 5.32 Å². The summed E-state index contributed by atoms with van der Waals surface area (Å²) in [7, 11) is 0. The molecule has 0 amide bonds. The quantitative estimate of drug-likeness (QED) is 0.226. The van der Waals surface area contributed by atoms with Crippen LogP contribution in [0.15, 0.2) is 66.9 Å². The Morgan fingerprint density at radius 3 is 2.40 bits per heavy atom. The molecule has 0 bridgehead atoms. The third kappa shape index (κ3) is 5.75. The molecule has 0 aliphatic heterocycles. The summed E-state index contributed by atoms with van der Waals surface area (Å²) >= 11 is 6.01. The van der Waals surface area contributed by atoms with Gasteiger partial charge in [0, 0.05) is 23.4 Å². The lowest BCUT2D eigenvalue weighted by atomic mass is 10.0. The summed E-state index contributed by atoms with van der Waals surface area (Å²) in [5, 5.41) is 17.4. The number of rotatable bonds is 8. The second-order valence-electron chi connectivity index (χ2n) is 8.31. The first-order valence-electron chi connectivity index (χ1n) is 10.7. The van der Waals surface area contributed by atoms with Gasteiger partial charge in [-0.15, -0.1) is 0 Å². The van der Waals surface area contributed by atoms with E-state index in [0.717, 1.165) is 11.6 Å². The molecular weight excluding hydrogens is 486 g/mol. The number of alkyl halides is 2. The van der Waals surface area contributed by atoms with Crippen LogP contribution in [0.1, 0.15) is 25.5 Å². The minimum absolute atomic E-state index is 0.109. The van der Waals surface area contributed by atoms with Crippen LogP contribution >= 0.6 is 11.6 Å². The van der Waals surface area contributed by atoms with Crippen molar-refractivity contribution in [3.8, 4) is 11.4 Å². The Hall–Kier alpha value is -3.14. The lowest BCUT2D eigenvalue weighted by Crippen LogP contribution is -2.49. The minimum Gasteiger partial charge on any atom is -0.484 e. The highest BCUT2D eigenvalue weighted by Crippen LogP contribution is 2.31. The van der Waals surface area contributed by atoms with E-state index < -0.39 is 30.1 Å². The molecule has 1 unspecified atom stereocenters. The highest BCUT2D eigenvalue weighted by molar-refractivity contribution is 6.30. The van der Waals surface area contributed by atoms with Crippen LogP contribution < -0.4 is 10.1 Å². The molecule has 3 atom stereocenters. The van der Waals surface area contributed by atoms with Gasteiger partial charge in [-0.2, -0.15) is 5.10 Å². The first kappa shape index (κ1) is 25.0. The maximum Gasteiger partial charge on any atom is 0.283 e. The van der Waals surface area contributed by atoms with Gasteiger partial charge < -0.3 is 9.84 Å². The Balaban J connectivity index is 1.66. The highest BCUT2D eigenvalue weighted by Gasteiger charge is 2.35. The Morgan fingerprint density at radius 1 is 1.03 bits per heavy atom. The number of halogens is 5. The maximum absolute atomic E-state index is 14.1. The minimum atomic E-state index is -3.41. The summed E-state index contributed by atoms with van der Waals surface area (Å²) in [6, 6.07) is 13.8. The van der Waals surface area contributed by atoms with Gasteiger partial charge in [-0.25, -0.2) is 22.2 Å². The van der Waals surface area contributed by atoms with E-state index in [2.05, 4.69) is 10.4 Å². The smallest absolute Gasteiger partial charge is 0.283 e. The van der Waals surface area contributed by atoms with Crippen LogP contribution in [0.3, 0.4) is 0 Å². The van der Waals surface area contributed by atoms with Gasteiger partial charge in [0.25, 0.3) is 5.92 Å². The normalized spacial score (nSPS) is 14.6. The summed E-state index contributed by atoms with van der Waals surface area (Å²) in [5.41, 5.74) is 1.68. The van der Waals surface area contributed by atoms with Crippen molar-refractivity contribution in [2.45, 2.75) is 38.1 Å². The van der Waals surface area contributed by atoms with Crippen molar-refractivity contribution in [1.82, 2.24) is 15.1 Å². The Kier molecular flexibility index (Phi) is 7.02. The van der Waals surface area contributed by atoms with Crippen LogP contribution in [0.25, 0.3) is 16.6 Å². The number of benzene rings is 3. The number of ether oxygens (including phenoxy) is 1. The molecule has 0 radical (unpaired) electrons. The number of aliphatic hydroxyl groups excluding tert-OH is 1. The monoisotopic (exact) mass is 507 g/mol. The number of hydrogen-bond acceptors (Lipinski definition) is 4. The number of nitrogens with one attached hydrogen (secondary N) is 1. The van der Waals surface area contributed by atoms with E-state index >= 15 is 0 Å². The molecule has 35 heavy (non-hydrogen) atoms. The molecule has 0 spiro atoms. The van der Waals surface area contributed by atoms with Crippen molar-refractivity contribution in [2.75, 3.05) is 0 Å². The predicted octanol–water partition coefficient (Wildman–Crippen LogP) is 6.03. The molecule has 0 aliphatic rings. The molecule has 3 aromatic carbocycles. The highest BCUT2D eigenvalue weighted by atomic mass is 35.5. The number of nitrogens with zero attached hydrogens (tertiary/aromatic N) is 2. The van der Waals surface area contributed by atoms with E-state index in [1.807, 2.05) is 0 Å². The van der Waals surface area contributed by atoms with Crippen molar-refractivity contribution in [2.24, 2.45) is 0 Å². The Labute approximate surface area is 203 Å². The number of fused-ring (bicyclic) bond motifs is 1. The van der Waals surface area contributed by atoms with E-state index in [0.29, 0.717) is 29.3 Å². The van der Waals surface area contributed by atoms with E-state index in [-0.39, 0.29) is 10.8 Å². The van der Waals surface area contributed by atoms with Crippen molar-refractivity contribution >= 4 is 22.5 Å². The Bertz CT molecular complexity index is 1300. The van der Waals surface area contributed by atoms with Crippen LogP contribution in [-0.2, 0) is 0 Å². The second-order valence-corrected chi connectivity index (χ2v) is 8.75. The zero-order valence-corrected chi connectivity index (χ0v) is 19.5. The topological polar surface area (TPSA) is 59.3 Å². The van der Waals surface area contributed by atoms with Crippen molar-refractivity contribution in [1.29, 1.82) is 0 Å². The fourth-order valence-electron chi connectivity index (χ4n) is 3.70. The summed E-state index contributed by atoms with van der Waals surface area (Å²) in [6.45, 7) is 2.11. The molecule has 0 aliphatic carbocycles. The molecule has 1 heterocycles. The van der Waals surface area contributed by atoms with Gasteiger partial charge >= 0.3 is 0 Å². The van der Waals surface area contributed by atoms with Crippen LogP contribution in [0.5, 0.6) is 5.75 Å². The molecule has 4 rings (SSSR count). The lowest BCUT2D eigenvalue weighted by Gasteiger charge is -2.30. The second kappa shape index (κ2) is 9.85. The summed E-state index contributed by atoms with van der Waals surface area (Å²) in [5.74, 6) is -4.04. The fraction of sp³-hybridized carbons (Fsp3) is 0.240. The molecule has 2 N–H and O–H groups in total. The molecule has 0 saturated carbocycles. The van der Waals surface area contributed by atoms with Gasteiger partial charge in [-0.1, -0.05) is 11.6 Å². The number of aliphatic hydroxyl groups is 1. The van der Waals surface area contributed by atoms with Gasteiger partial charge in [0.1, 0.15) is 23.5 Å². The van der Waals surface area contributed by atoms with Gasteiger partial charge in [0.05, 0.1) is 17.4 Å². The van der Waals surface area contributed by atoms with E-state index in [1.165, 1.54) is 31.2 Å². The summed E-state index contributed by atoms with van der Waals surface area (Å²) < 4.78 is 62.2. The lowest BCUT2D eigenvalue weighted by molar-refractivity contribution is -0.115. The van der Waals surface area contributed by atoms with Crippen molar-refractivity contribution in [3.05, 3.63) is 89.1 Å². The molecule has 0 fully saturated rings. The SMILES string of the molecule is C[C@H](NC(O)C(C)(F)F)[C@H](Oc1ccc2c(cnn2-c2ccc(F)cc2)c1)c1cc(F)cc(Cl)c1. The molecule has 1 aromatic heterocycles.